The zero-order chi connectivity index (χ0) is 14.4. The zero-order valence-corrected chi connectivity index (χ0v) is 13.3. The van der Waals surface area contributed by atoms with E-state index >= 15 is 0 Å². The summed E-state index contributed by atoms with van der Waals surface area (Å²) in [6, 6.07) is 0. The van der Waals surface area contributed by atoms with Crippen molar-refractivity contribution in [3.63, 3.8) is 0 Å². The van der Waals surface area contributed by atoms with Crippen LogP contribution in [0.5, 0.6) is 0 Å². The van der Waals surface area contributed by atoms with Crippen molar-refractivity contribution in [2.24, 2.45) is 11.8 Å². The first kappa shape index (κ1) is 16.2. The van der Waals surface area contributed by atoms with Gasteiger partial charge in [0.1, 0.15) is 0 Å². The molecular weight excluding hydrogens is 276 g/mol. The van der Waals surface area contributed by atoms with Crippen LogP contribution >= 0.6 is 0 Å². The van der Waals surface area contributed by atoms with Gasteiger partial charge in [-0.15, -0.1) is 0 Å². The lowest BCUT2D eigenvalue weighted by molar-refractivity contribution is 0.118. The van der Waals surface area contributed by atoms with Crippen LogP contribution in [0.25, 0.3) is 0 Å². The van der Waals surface area contributed by atoms with Gasteiger partial charge in [0.2, 0.25) is 10.0 Å². The molecule has 0 aromatic heterocycles. The van der Waals surface area contributed by atoms with Crippen LogP contribution in [0.15, 0.2) is 0 Å². The molecule has 2 aliphatic rings. The summed E-state index contributed by atoms with van der Waals surface area (Å²) in [5, 5.41) is 3.32. The molecule has 1 atom stereocenters. The Bertz CT molecular complexity index is 378. The van der Waals surface area contributed by atoms with E-state index in [4.69, 9.17) is 4.74 Å². The second kappa shape index (κ2) is 7.73. The summed E-state index contributed by atoms with van der Waals surface area (Å²) in [6.07, 6.45) is 5.08. The van der Waals surface area contributed by atoms with Crippen molar-refractivity contribution in [1.29, 1.82) is 0 Å². The number of nitrogens with zero attached hydrogens (tertiary/aromatic N) is 1. The van der Waals surface area contributed by atoms with Crippen LogP contribution in [0.3, 0.4) is 0 Å². The van der Waals surface area contributed by atoms with Crippen LogP contribution in [0.2, 0.25) is 0 Å². The molecule has 20 heavy (non-hydrogen) atoms. The number of hydrogen-bond donors (Lipinski definition) is 1. The Labute approximate surface area is 123 Å². The maximum atomic E-state index is 12.4. The summed E-state index contributed by atoms with van der Waals surface area (Å²) in [4.78, 5) is 0. The molecule has 0 saturated carbocycles. The number of sulfonamides is 1. The summed E-state index contributed by atoms with van der Waals surface area (Å²) < 4.78 is 31.8. The monoisotopic (exact) mass is 304 g/mol. The van der Waals surface area contributed by atoms with E-state index in [1.54, 1.807) is 11.4 Å². The van der Waals surface area contributed by atoms with Gasteiger partial charge in [-0.3, -0.25) is 0 Å². The molecule has 1 N–H and O–H groups in total. The number of nitrogens with one attached hydrogen (secondary N) is 1. The highest BCUT2D eigenvalue weighted by atomic mass is 32.2. The molecule has 5 nitrogen and oxygen atoms in total. The summed E-state index contributed by atoms with van der Waals surface area (Å²) in [5.74, 6) is 1.25. The fourth-order valence-corrected chi connectivity index (χ4v) is 5.00. The van der Waals surface area contributed by atoms with Crippen molar-refractivity contribution in [3.8, 4) is 0 Å². The Morgan fingerprint density at radius 2 is 1.95 bits per heavy atom. The average Bonchev–Trinajstić information content (AvgIpc) is 2.47. The quantitative estimate of drug-likeness (QED) is 0.797. The molecule has 0 radical (unpaired) electrons. The van der Waals surface area contributed by atoms with E-state index in [2.05, 4.69) is 5.32 Å². The van der Waals surface area contributed by atoms with Gasteiger partial charge < -0.3 is 10.1 Å². The Balaban J connectivity index is 1.82. The standard InChI is InChI=1S/C14H28N2O3S/c1-19-12-14-3-2-9-16(11-14)20(17,18)10-6-13-4-7-15-8-5-13/h13-15H,2-12H2,1H3. The van der Waals surface area contributed by atoms with E-state index < -0.39 is 10.0 Å². The maximum absolute atomic E-state index is 12.4. The van der Waals surface area contributed by atoms with Gasteiger partial charge in [0, 0.05) is 20.2 Å². The van der Waals surface area contributed by atoms with Crippen LogP contribution in [0.4, 0.5) is 0 Å². The van der Waals surface area contributed by atoms with Crippen molar-refractivity contribution in [3.05, 3.63) is 0 Å². The fourth-order valence-electron chi connectivity index (χ4n) is 3.27. The Morgan fingerprint density at radius 3 is 2.65 bits per heavy atom. The molecule has 2 saturated heterocycles. The molecule has 2 aliphatic heterocycles. The largest absolute Gasteiger partial charge is 0.384 e. The summed E-state index contributed by atoms with van der Waals surface area (Å²) in [7, 11) is -1.39. The Kier molecular flexibility index (Phi) is 6.26. The highest BCUT2D eigenvalue weighted by molar-refractivity contribution is 7.89. The van der Waals surface area contributed by atoms with Crippen LogP contribution in [-0.4, -0.2) is 58.4 Å². The minimum atomic E-state index is -3.08. The average molecular weight is 304 g/mol. The lowest BCUT2D eigenvalue weighted by Crippen LogP contribution is -2.42. The number of piperidine rings is 2. The number of rotatable bonds is 6. The number of methoxy groups -OCH3 is 1. The van der Waals surface area contributed by atoms with Gasteiger partial charge in [-0.05, 0) is 57.0 Å². The van der Waals surface area contributed by atoms with E-state index in [1.807, 2.05) is 0 Å². The first-order valence-electron chi connectivity index (χ1n) is 7.79. The molecule has 0 aromatic rings. The lowest BCUT2D eigenvalue weighted by Gasteiger charge is -2.32. The molecule has 6 heteroatoms. The fraction of sp³-hybridized carbons (Fsp3) is 1.00. The molecule has 2 heterocycles. The first-order chi connectivity index (χ1) is 9.62. The van der Waals surface area contributed by atoms with Crippen molar-refractivity contribution in [2.75, 3.05) is 45.6 Å². The summed E-state index contributed by atoms with van der Waals surface area (Å²) >= 11 is 0. The smallest absolute Gasteiger partial charge is 0.214 e. The molecule has 0 amide bonds. The van der Waals surface area contributed by atoms with Crippen LogP contribution < -0.4 is 5.32 Å². The lowest BCUT2D eigenvalue weighted by atomic mass is 9.96. The van der Waals surface area contributed by atoms with Gasteiger partial charge in [-0.2, -0.15) is 0 Å². The maximum Gasteiger partial charge on any atom is 0.214 e. The molecule has 1 unspecified atom stereocenters. The van der Waals surface area contributed by atoms with Crippen LogP contribution in [-0.2, 0) is 14.8 Å². The summed E-state index contributed by atoms with van der Waals surface area (Å²) in [5.41, 5.74) is 0. The third-order valence-corrected chi connectivity index (χ3v) is 6.39. The SMILES string of the molecule is COCC1CCCN(S(=O)(=O)CCC2CCNCC2)C1. The van der Waals surface area contributed by atoms with Gasteiger partial charge in [0.15, 0.2) is 0 Å². The minimum absolute atomic E-state index is 0.317. The van der Waals surface area contributed by atoms with E-state index in [0.717, 1.165) is 45.2 Å². The van der Waals surface area contributed by atoms with Crippen LogP contribution in [0, 0.1) is 11.8 Å². The highest BCUT2D eigenvalue weighted by Crippen LogP contribution is 2.22. The van der Waals surface area contributed by atoms with E-state index in [1.165, 1.54) is 0 Å². The second-order valence-electron chi connectivity index (χ2n) is 6.12. The normalized spacial score (nSPS) is 26.8. The van der Waals surface area contributed by atoms with Crippen molar-refractivity contribution in [1.82, 2.24) is 9.62 Å². The van der Waals surface area contributed by atoms with Crippen LogP contribution in [0.1, 0.15) is 32.1 Å². The van der Waals surface area contributed by atoms with E-state index in [-0.39, 0.29) is 0 Å². The van der Waals surface area contributed by atoms with Gasteiger partial charge >= 0.3 is 0 Å². The van der Waals surface area contributed by atoms with Gasteiger partial charge in [0.25, 0.3) is 0 Å². The molecule has 0 bridgehead atoms. The second-order valence-corrected chi connectivity index (χ2v) is 8.21. The topological polar surface area (TPSA) is 58.6 Å². The van der Waals surface area contributed by atoms with Gasteiger partial charge in [-0.25, -0.2) is 12.7 Å². The molecular formula is C14H28N2O3S. The Morgan fingerprint density at radius 1 is 1.20 bits per heavy atom. The van der Waals surface area contributed by atoms with Crippen molar-refractivity contribution < 1.29 is 13.2 Å². The highest BCUT2D eigenvalue weighted by Gasteiger charge is 2.29. The van der Waals surface area contributed by atoms with E-state index in [0.29, 0.717) is 37.3 Å². The Hall–Kier alpha value is -0.170. The molecule has 0 spiro atoms. The zero-order valence-electron chi connectivity index (χ0n) is 12.5. The number of ether oxygens (including phenoxy) is 1. The third-order valence-electron chi connectivity index (χ3n) is 4.52. The summed E-state index contributed by atoms with van der Waals surface area (Å²) in [6.45, 7) is 4.06. The minimum Gasteiger partial charge on any atom is -0.384 e. The molecule has 0 aromatic carbocycles. The first-order valence-corrected chi connectivity index (χ1v) is 9.40. The van der Waals surface area contributed by atoms with Gasteiger partial charge in [0.05, 0.1) is 12.4 Å². The third kappa shape index (κ3) is 4.69. The molecule has 118 valence electrons. The predicted octanol–water partition coefficient (Wildman–Crippen LogP) is 1.06. The predicted molar refractivity (Wildman–Crippen MR) is 80.2 cm³/mol. The molecule has 2 rings (SSSR count). The van der Waals surface area contributed by atoms with Crippen molar-refractivity contribution >= 4 is 10.0 Å². The molecule has 2 fully saturated rings. The van der Waals surface area contributed by atoms with Gasteiger partial charge in [-0.1, -0.05) is 0 Å². The number of hydrogen-bond acceptors (Lipinski definition) is 4. The van der Waals surface area contributed by atoms with E-state index in [9.17, 15) is 8.42 Å². The molecule has 0 aliphatic carbocycles. The van der Waals surface area contributed by atoms with Crippen molar-refractivity contribution in [2.45, 2.75) is 32.1 Å².